The molecule has 0 aliphatic carbocycles. The summed E-state index contributed by atoms with van der Waals surface area (Å²) < 4.78 is 10.4. The molecule has 3 N–H and O–H groups in total. The number of nitrogens with one attached hydrogen (secondary N) is 3. The van der Waals surface area contributed by atoms with E-state index in [0.29, 0.717) is 24.6 Å². The second-order valence-electron chi connectivity index (χ2n) is 6.49. The van der Waals surface area contributed by atoms with Crippen LogP contribution in [-0.2, 0) is 14.3 Å². The number of ether oxygens (including phenoxy) is 2. The SMILES string of the molecule is COCCOc1ccc(NCC(=O)Nc2cccc(NC(=O)C(C)C)c2)cc1. The zero-order chi connectivity index (χ0) is 20.4. The van der Waals surface area contributed by atoms with Gasteiger partial charge in [0, 0.05) is 30.1 Å². The first-order chi connectivity index (χ1) is 13.5. The average Bonchev–Trinajstić information content (AvgIpc) is 2.68. The van der Waals surface area contributed by atoms with Gasteiger partial charge in [-0.3, -0.25) is 9.59 Å². The van der Waals surface area contributed by atoms with Crippen molar-refractivity contribution in [3.05, 3.63) is 48.5 Å². The fourth-order valence-electron chi connectivity index (χ4n) is 2.26. The van der Waals surface area contributed by atoms with Crippen LogP contribution in [0.3, 0.4) is 0 Å². The van der Waals surface area contributed by atoms with Crippen molar-refractivity contribution in [2.45, 2.75) is 13.8 Å². The fraction of sp³-hybridized carbons (Fsp3) is 0.333. The standard InChI is InChI=1S/C21H27N3O4/c1-15(2)21(26)24-18-6-4-5-17(13-18)23-20(25)14-22-16-7-9-19(10-8-16)28-12-11-27-3/h4-10,13,15,22H,11-12,14H2,1-3H3,(H,23,25)(H,24,26). The number of hydrogen-bond donors (Lipinski definition) is 3. The predicted molar refractivity (Wildman–Crippen MR) is 111 cm³/mol. The molecule has 0 spiro atoms. The maximum Gasteiger partial charge on any atom is 0.243 e. The van der Waals surface area contributed by atoms with Crippen LogP contribution in [0.1, 0.15) is 13.8 Å². The molecule has 0 heterocycles. The maximum atomic E-state index is 12.2. The molecule has 0 unspecified atom stereocenters. The zero-order valence-electron chi connectivity index (χ0n) is 16.5. The summed E-state index contributed by atoms with van der Waals surface area (Å²) in [6.07, 6.45) is 0. The third kappa shape index (κ3) is 7.28. The number of anilines is 3. The van der Waals surface area contributed by atoms with E-state index in [2.05, 4.69) is 16.0 Å². The average molecular weight is 385 g/mol. The first-order valence-electron chi connectivity index (χ1n) is 9.14. The number of amides is 2. The molecule has 150 valence electrons. The Morgan fingerprint density at radius 1 is 0.929 bits per heavy atom. The van der Waals surface area contributed by atoms with Crippen LogP contribution in [0.4, 0.5) is 17.1 Å². The Bertz CT molecular complexity index is 775. The molecular weight excluding hydrogens is 358 g/mol. The van der Waals surface area contributed by atoms with E-state index in [1.807, 2.05) is 38.1 Å². The molecule has 2 amide bonds. The number of carbonyl (C=O) groups is 2. The third-order valence-electron chi connectivity index (χ3n) is 3.80. The lowest BCUT2D eigenvalue weighted by Gasteiger charge is -2.11. The number of benzene rings is 2. The molecule has 0 saturated carbocycles. The topological polar surface area (TPSA) is 88.7 Å². The van der Waals surface area contributed by atoms with Crippen LogP contribution >= 0.6 is 0 Å². The molecule has 2 aromatic rings. The molecule has 2 rings (SSSR count). The minimum atomic E-state index is -0.187. The van der Waals surface area contributed by atoms with Crippen molar-refractivity contribution in [1.29, 1.82) is 0 Å². The van der Waals surface area contributed by atoms with Gasteiger partial charge in [-0.2, -0.15) is 0 Å². The van der Waals surface area contributed by atoms with E-state index in [1.165, 1.54) is 0 Å². The van der Waals surface area contributed by atoms with Crippen molar-refractivity contribution in [2.24, 2.45) is 5.92 Å². The molecular formula is C21H27N3O4. The van der Waals surface area contributed by atoms with Gasteiger partial charge in [-0.05, 0) is 42.5 Å². The number of hydrogen-bond acceptors (Lipinski definition) is 5. The summed E-state index contributed by atoms with van der Waals surface area (Å²) >= 11 is 0. The normalized spacial score (nSPS) is 10.4. The Balaban J connectivity index is 1.81. The maximum absolute atomic E-state index is 12.2. The number of carbonyl (C=O) groups excluding carboxylic acids is 2. The summed E-state index contributed by atoms with van der Waals surface area (Å²) in [6.45, 7) is 4.78. The minimum absolute atomic E-state index is 0.0696. The van der Waals surface area contributed by atoms with E-state index in [-0.39, 0.29) is 24.3 Å². The lowest BCUT2D eigenvalue weighted by atomic mass is 10.2. The Morgan fingerprint density at radius 3 is 2.25 bits per heavy atom. The lowest BCUT2D eigenvalue weighted by molar-refractivity contribution is -0.119. The highest BCUT2D eigenvalue weighted by atomic mass is 16.5. The highest BCUT2D eigenvalue weighted by Gasteiger charge is 2.08. The van der Waals surface area contributed by atoms with Crippen molar-refractivity contribution < 1.29 is 19.1 Å². The van der Waals surface area contributed by atoms with Crippen molar-refractivity contribution >= 4 is 28.9 Å². The molecule has 0 fully saturated rings. The number of rotatable bonds is 10. The Kier molecular flexibility index (Phi) is 8.30. The molecule has 0 aromatic heterocycles. The van der Waals surface area contributed by atoms with E-state index in [1.54, 1.807) is 31.4 Å². The zero-order valence-corrected chi connectivity index (χ0v) is 16.5. The smallest absolute Gasteiger partial charge is 0.243 e. The number of methoxy groups -OCH3 is 1. The highest BCUT2D eigenvalue weighted by Crippen LogP contribution is 2.17. The highest BCUT2D eigenvalue weighted by molar-refractivity contribution is 5.96. The van der Waals surface area contributed by atoms with Crippen LogP contribution in [0.2, 0.25) is 0 Å². The largest absolute Gasteiger partial charge is 0.491 e. The minimum Gasteiger partial charge on any atom is -0.491 e. The molecule has 2 aromatic carbocycles. The van der Waals surface area contributed by atoms with Gasteiger partial charge in [0.25, 0.3) is 0 Å². The van der Waals surface area contributed by atoms with E-state index in [0.717, 1.165) is 11.4 Å². The van der Waals surface area contributed by atoms with E-state index >= 15 is 0 Å². The van der Waals surface area contributed by atoms with E-state index < -0.39 is 0 Å². The molecule has 7 nitrogen and oxygen atoms in total. The van der Waals surface area contributed by atoms with Gasteiger partial charge >= 0.3 is 0 Å². The summed E-state index contributed by atoms with van der Waals surface area (Å²) in [6, 6.07) is 14.4. The van der Waals surface area contributed by atoms with Gasteiger partial charge in [-0.1, -0.05) is 19.9 Å². The first kappa shape index (κ1) is 21.2. The van der Waals surface area contributed by atoms with Crippen LogP contribution < -0.4 is 20.7 Å². The van der Waals surface area contributed by atoms with Gasteiger partial charge in [0.2, 0.25) is 11.8 Å². The monoisotopic (exact) mass is 385 g/mol. The van der Waals surface area contributed by atoms with Crippen molar-refractivity contribution in [3.8, 4) is 5.75 Å². The van der Waals surface area contributed by atoms with Gasteiger partial charge in [-0.15, -0.1) is 0 Å². The van der Waals surface area contributed by atoms with E-state index in [4.69, 9.17) is 9.47 Å². The Hall–Kier alpha value is -3.06. The Labute approximate surface area is 165 Å². The van der Waals surface area contributed by atoms with Gasteiger partial charge in [0.15, 0.2) is 0 Å². The lowest BCUT2D eigenvalue weighted by Crippen LogP contribution is -2.22. The molecule has 28 heavy (non-hydrogen) atoms. The molecule has 0 bridgehead atoms. The van der Waals surface area contributed by atoms with Crippen LogP contribution in [0.25, 0.3) is 0 Å². The fourth-order valence-corrected chi connectivity index (χ4v) is 2.26. The van der Waals surface area contributed by atoms with Crippen LogP contribution in [-0.4, -0.2) is 38.7 Å². The quantitative estimate of drug-likeness (QED) is 0.546. The predicted octanol–water partition coefficient (Wildman–Crippen LogP) is 3.36. The van der Waals surface area contributed by atoms with Gasteiger partial charge < -0.3 is 25.4 Å². The summed E-state index contributed by atoms with van der Waals surface area (Å²) in [5.74, 6) is 0.374. The van der Waals surface area contributed by atoms with Crippen molar-refractivity contribution in [3.63, 3.8) is 0 Å². The van der Waals surface area contributed by atoms with Crippen molar-refractivity contribution in [2.75, 3.05) is 42.8 Å². The summed E-state index contributed by atoms with van der Waals surface area (Å²) in [5, 5.41) is 8.68. The molecule has 0 aliphatic rings. The van der Waals surface area contributed by atoms with Crippen molar-refractivity contribution in [1.82, 2.24) is 0 Å². The first-order valence-corrected chi connectivity index (χ1v) is 9.14. The van der Waals surface area contributed by atoms with Gasteiger partial charge in [-0.25, -0.2) is 0 Å². The van der Waals surface area contributed by atoms with Crippen LogP contribution in [0.5, 0.6) is 5.75 Å². The second kappa shape index (κ2) is 10.9. The second-order valence-corrected chi connectivity index (χ2v) is 6.49. The molecule has 0 aliphatic heterocycles. The summed E-state index contributed by atoms with van der Waals surface area (Å²) in [4.78, 5) is 23.9. The van der Waals surface area contributed by atoms with Gasteiger partial charge in [0.1, 0.15) is 12.4 Å². The summed E-state index contributed by atoms with van der Waals surface area (Å²) in [7, 11) is 1.62. The molecule has 7 heteroatoms. The van der Waals surface area contributed by atoms with E-state index in [9.17, 15) is 9.59 Å². The molecule has 0 radical (unpaired) electrons. The van der Waals surface area contributed by atoms with Crippen LogP contribution in [0, 0.1) is 5.92 Å². The molecule has 0 saturated heterocycles. The summed E-state index contributed by atoms with van der Waals surface area (Å²) in [5.41, 5.74) is 2.08. The molecule has 0 atom stereocenters. The third-order valence-corrected chi connectivity index (χ3v) is 3.80. The van der Waals surface area contributed by atoms with Gasteiger partial charge in [0.05, 0.1) is 13.2 Å². The Morgan fingerprint density at radius 2 is 1.61 bits per heavy atom. The van der Waals surface area contributed by atoms with Crippen LogP contribution in [0.15, 0.2) is 48.5 Å².